The van der Waals surface area contributed by atoms with Crippen LogP contribution >= 0.6 is 0 Å². The molecule has 0 saturated heterocycles. The van der Waals surface area contributed by atoms with Crippen molar-refractivity contribution in [1.82, 2.24) is 0 Å². The van der Waals surface area contributed by atoms with Gasteiger partial charge in [0.2, 0.25) is 11.6 Å². The van der Waals surface area contributed by atoms with Crippen LogP contribution in [0.5, 0.6) is 23.0 Å². The second-order valence-electron chi connectivity index (χ2n) is 9.04. The standard InChI is InChI=1S/C24H22O8/c1-23(2)29-15-6-5-11(8-16(15)30-23)19-13-10-18-17(31-24(3,4)32-18)9-12(13)7-14(21(25)26)20(19)22(27)28/h5-10,19-20H,1-4H3,(H,25,26)(H,27,28). The van der Waals surface area contributed by atoms with Gasteiger partial charge in [0, 0.05) is 33.6 Å². The largest absolute Gasteiger partial charge is 0.481 e. The normalized spacial score (nSPS) is 23.3. The van der Waals surface area contributed by atoms with Crippen molar-refractivity contribution in [1.29, 1.82) is 0 Å². The summed E-state index contributed by atoms with van der Waals surface area (Å²) in [5.41, 5.74) is 1.61. The molecule has 2 aromatic rings. The van der Waals surface area contributed by atoms with Crippen molar-refractivity contribution in [2.45, 2.75) is 45.2 Å². The fraction of sp³-hybridized carbons (Fsp3) is 0.333. The molecule has 2 aromatic carbocycles. The molecule has 32 heavy (non-hydrogen) atoms. The van der Waals surface area contributed by atoms with Gasteiger partial charge in [0.15, 0.2) is 23.0 Å². The molecule has 5 rings (SSSR count). The Morgan fingerprint density at radius 2 is 1.38 bits per heavy atom. The van der Waals surface area contributed by atoms with E-state index in [4.69, 9.17) is 18.9 Å². The predicted octanol–water partition coefficient (Wildman–Crippen LogP) is 4.02. The molecule has 2 atom stereocenters. The van der Waals surface area contributed by atoms with E-state index in [1.807, 2.05) is 0 Å². The van der Waals surface area contributed by atoms with Gasteiger partial charge in [-0.25, -0.2) is 4.79 Å². The summed E-state index contributed by atoms with van der Waals surface area (Å²) in [4.78, 5) is 24.4. The summed E-state index contributed by atoms with van der Waals surface area (Å²) in [6, 6.07) is 8.61. The average molecular weight is 438 g/mol. The first-order valence-electron chi connectivity index (χ1n) is 10.2. The summed E-state index contributed by atoms with van der Waals surface area (Å²) >= 11 is 0. The summed E-state index contributed by atoms with van der Waals surface area (Å²) in [7, 11) is 0. The van der Waals surface area contributed by atoms with Crippen LogP contribution < -0.4 is 18.9 Å². The van der Waals surface area contributed by atoms with Crippen LogP contribution in [0.3, 0.4) is 0 Å². The van der Waals surface area contributed by atoms with Gasteiger partial charge in [-0.3, -0.25) is 4.79 Å². The van der Waals surface area contributed by atoms with Gasteiger partial charge in [0.25, 0.3) is 0 Å². The maximum Gasteiger partial charge on any atom is 0.332 e. The first-order chi connectivity index (χ1) is 14.9. The first kappa shape index (κ1) is 20.2. The number of aliphatic carboxylic acids is 2. The fourth-order valence-corrected chi connectivity index (χ4v) is 4.59. The van der Waals surface area contributed by atoms with E-state index < -0.39 is 35.3 Å². The maximum absolute atomic E-state index is 12.3. The van der Waals surface area contributed by atoms with Crippen LogP contribution in [0.1, 0.15) is 50.3 Å². The highest BCUT2D eigenvalue weighted by Crippen LogP contribution is 2.51. The fourth-order valence-electron chi connectivity index (χ4n) is 4.59. The molecule has 0 spiro atoms. The van der Waals surface area contributed by atoms with E-state index in [2.05, 4.69) is 0 Å². The van der Waals surface area contributed by atoms with Gasteiger partial charge in [-0.2, -0.15) is 0 Å². The van der Waals surface area contributed by atoms with E-state index in [0.717, 1.165) is 0 Å². The number of carboxylic acid groups (broad SMARTS) is 2. The molecule has 0 bridgehead atoms. The van der Waals surface area contributed by atoms with E-state index >= 15 is 0 Å². The van der Waals surface area contributed by atoms with E-state index in [9.17, 15) is 19.8 Å². The van der Waals surface area contributed by atoms with Crippen molar-refractivity contribution in [2.24, 2.45) is 5.92 Å². The molecule has 2 N–H and O–H groups in total. The number of benzene rings is 2. The third-order valence-corrected chi connectivity index (χ3v) is 5.73. The Labute approximate surface area is 184 Å². The number of rotatable bonds is 3. The Kier molecular flexibility index (Phi) is 4.06. The Bertz CT molecular complexity index is 1210. The molecule has 166 valence electrons. The Morgan fingerprint density at radius 3 is 1.97 bits per heavy atom. The summed E-state index contributed by atoms with van der Waals surface area (Å²) in [6.45, 7) is 7.08. The molecule has 0 amide bonds. The zero-order valence-corrected chi connectivity index (χ0v) is 18.0. The number of hydrogen-bond donors (Lipinski definition) is 2. The molecule has 8 nitrogen and oxygen atoms in total. The smallest absolute Gasteiger partial charge is 0.332 e. The monoisotopic (exact) mass is 438 g/mol. The lowest BCUT2D eigenvalue weighted by molar-refractivity contribution is -0.144. The van der Waals surface area contributed by atoms with Crippen molar-refractivity contribution in [3.8, 4) is 23.0 Å². The minimum atomic E-state index is -1.30. The lowest BCUT2D eigenvalue weighted by Crippen LogP contribution is -2.31. The second-order valence-corrected chi connectivity index (χ2v) is 9.04. The van der Waals surface area contributed by atoms with E-state index in [1.165, 1.54) is 6.08 Å². The zero-order chi connectivity index (χ0) is 23.0. The van der Waals surface area contributed by atoms with Crippen LogP contribution in [0.15, 0.2) is 35.9 Å². The first-order valence-corrected chi connectivity index (χ1v) is 10.2. The van der Waals surface area contributed by atoms with Crippen LogP contribution in [0.4, 0.5) is 0 Å². The van der Waals surface area contributed by atoms with Crippen LogP contribution in [-0.4, -0.2) is 33.7 Å². The third kappa shape index (κ3) is 3.14. The van der Waals surface area contributed by atoms with Gasteiger partial charge < -0.3 is 29.2 Å². The molecule has 2 aliphatic heterocycles. The van der Waals surface area contributed by atoms with Crippen LogP contribution in [0, 0.1) is 5.92 Å². The van der Waals surface area contributed by atoms with Crippen LogP contribution in [0.2, 0.25) is 0 Å². The second kappa shape index (κ2) is 6.41. The SMILES string of the molecule is CC1(C)Oc2ccc(C3c4cc5c(cc4C=C(C(=O)O)C3C(=O)O)OC(C)(C)O5)cc2O1. The Morgan fingerprint density at radius 1 is 0.812 bits per heavy atom. The van der Waals surface area contributed by atoms with Gasteiger partial charge >= 0.3 is 11.9 Å². The minimum absolute atomic E-state index is 0.203. The van der Waals surface area contributed by atoms with Gasteiger partial charge in [-0.15, -0.1) is 0 Å². The van der Waals surface area contributed by atoms with E-state index in [1.54, 1.807) is 58.0 Å². The van der Waals surface area contributed by atoms with E-state index in [0.29, 0.717) is 39.7 Å². The molecule has 3 aliphatic rings. The van der Waals surface area contributed by atoms with Gasteiger partial charge in [-0.1, -0.05) is 6.07 Å². The molecular weight excluding hydrogens is 416 g/mol. The predicted molar refractivity (Wildman–Crippen MR) is 112 cm³/mol. The lowest BCUT2D eigenvalue weighted by Gasteiger charge is -2.31. The Hall–Kier alpha value is -3.68. The van der Waals surface area contributed by atoms with Crippen molar-refractivity contribution in [3.63, 3.8) is 0 Å². The number of ether oxygens (including phenoxy) is 4. The summed E-state index contributed by atoms with van der Waals surface area (Å²) in [5, 5.41) is 19.9. The molecule has 0 radical (unpaired) electrons. The quantitative estimate of drug-likeness (QED) is 0.739. The van der Waals surface area contributed by atoms with Gasteiger partial charge in [0.1, 0.15) is 0 Å². The number of hydrogen-bond acceptors (Lipinski definition) is 6. The van der Waals surface area contributed by atoms with E-state index in [-0.39, 0.29) is 5.57 Å². The highest BCUT2D eigenvalue weighted by atomic mass is 16.7. The van der Waals surface area contributed by atoms with Crippen molar-refractivity contribution < 1.29 is 38.7 Å². The molecule has 2 unspecified atom stereocenters. The average Bonchev–Trinajstić information content (AvgIpc) is 3.15. The summed E-state index contributed by atoms with van der Waals surface area (Å²) < 4.78 is 23.2. The highest BCUT2D eigenvalue weighted by molar-refractivity contribution is 6.01. The van der Waals surface area contributed by atoms with Gasteiger partial charge in [-0.05, 0) is 47.0 Å². The van der Waals surface area contributed by atoms with Gasteiger partial charge in [0.05, 0.1) is 11.5 Å². The van der Waals surface area contributed by atoms with Crippen molar-refractivity contribution >= 4 is 18.0 Å². The zero-order valence-electron chi connectivity index (χ0n) is 18.0. The molecule has 0 fully saturated rings. The third-order valence-electron chi connectivity index (χ3n) is 5.73. The molecule has 8 heteroatoms. The lowest BCUT2D eigenvalue weighted by atomic mass is 9.71. The van der Waals surface area contributed by atoms with Crippen molar-refractivity contribution in [2.75, 3.05) is 0 Å². The molecule has 0 aromatic heterocycles. The van der Waals surface area contributed by atoms with Crippen molar-refractivity contribution in [3.05, 3.63) is 52.6 Å². The topological polar surface area (TPSA) is 112 Å². The number of carboxylic acids is 2. The molecule has 1 aliphatic carbocycles. The Balaban J connectivity index is 1.71. The summed E-state index contributed by atoms with van der Waals surface area (Å²) in [5.74, 6) is -4.34. The summed E-state index contributed by atoms with van der Waals surface area (Å²) in [6.07, 6.45) is 1.40. The highest BCUT2D eigenvalue weighted by Gasteiger charge is 2.43. The minimum Gasteiger partial charge on any atom is -0.481 e. The molecule has 0 saturated carbocycles. The maximum atomic E-state index is 12.3. The molecular formula is C24H22O8. The van der Waals surface area contributed by atoms with Crippen LogP contribution in [0.25, 0.3) is 6.08 Å². The van der Waals surface area contributed by atoms with Crippen LogP contribution in [-0.2, 0) is 9.59 Å². The number of fused-ring (bicyclic) bond motifs is 3. The molecule has 2 heterocycles. The number of carbonyl (C=O) groups is 2.